The standard InChI is InChI=1S/C17H22N2/c1-14-16(18)11-6-12-17(14)19(2)13-7-10-15-8-4-3-5-9-15/h3-6,8-9,11-12H,7,10,13,18H2,1-2H3. The van der Waals surface area contributed by atoms with Crippen molar-refractivity contribution in [2.24, 2.45) is 0 Å². The summed E-state index contributed by atoms with van der Waals surface area (Å²) < 4.78 is 0. The van der Waals surface area contributed by atoms with E-state index in [0.717, 1.165) is 25.1 Å². The number of anilines is 2. The normalized spacial score (nSPS) is 10.4. The van der Waals surface area contributed by atoms with Crippen LogP contribution >= 0.6 is 0 Å². The smallest absolute Gasteiger partial charge is 0.0414 e. The van der Waals surface area contributed by atoms with Crippen molar-refractivity contribution in [2.75, 3.05) is 24.2 Å². The van der Waals surface area contributed by atoms with Crippen LogP contribution in [0.3, 0.4) is 0 Å². The van der Waals surface area contributed by atoms with Gasteiger partial charge in [0.2, 0.25) is 0 Å². The van der Waals surface area contributed by atoms with Gasteiger partial charge in [0.25, 0.3) is 0 Å². The molecule has 0 aromatic heterocycles. The first-order chi connectivity index (χ1) is 9.18. The number of nitrogens with two attached hydrogens (primary N) is 1. The highest BCUT2D eigenvalue weighted by atomic mass is 15.1. The van der Waals surface area contributed by atoms with Crippen LogP contribution in [-0.2, 0) is 6.42 Å². The van der Waals surface area contributed by atoms with E-state index in [-0.39, 0.29) is 0 Å². The highest BCUT2D eigenvalue weighted by Crippen LogP contribution is 2.23. The summed E-state index contributed by atoms with van der Waals surface area (Å²) in [7, 11) is 2.13. The maximum atomic E-state index is 5.95. The predicted molar refractivity (Wildman–Crippen MR) is 83.6 cm³/mol. The van der Waals surface area contributed by atoms with Gasteiger partial charge in [-0.25, -0.2) is 0 Å². The Morgan fingerprint density at radius 1 is 1.00 bits per heavy atom. The number of benzene rings is 2. The van der Waals surface area contributed by atoms with Crippen molar-refractivity contribution in [3.63, 3.8) is 0 Å². The zero-order valence-electron chi connectivity index (χ0n) is 11.8. The molecule has 0 atom stereocenters. The molecule has 0 radical (unpaired) electrons. The second kappa shape index (κ2) is 6.28. The van der Waals surface area contributed by atoms with Crippen molar-refractivity contribution in [3.05, 3.63) is 59.7 Å². The Morgan fingerprint density at radius 3 is 2.47 bits per heavy atom. The van der Waals surface area contributed by atoms with Gasteiger partial charge in [-0.15, -0.1) is 0 Å². The number of nitrogens with zero attached hydrogens (tertiary/aromatic N) is 1. The van der Waals surface area contributed by atoms with E-state index >= 15 is 0 Å². The SMILES string of the molecule is Cc1c(N)cccc1N(C)CCCc1ccccc1. The minimum absolute atomic E-state index is 0.868. The van der Waals surface area contributed by atoms with Gasteiger partial charge in [0.15, 0.2) is 0 Å². The quantitative estimate of drug-likeness (QED) is 0.825. The Kier molecular flexibility index (Phi) is 4.45. The molecule has 2 N–H and O–H groups in total. The fraction of sp³-hybridized carbons (Fsp3) is 0.294. The maximum Gasteiger partial charge on any atom is 0.0414 e. The molecule has 2 heteroatoms. The first-order valence-corrected chi connectivity index (χ1v) is 6.78. The molecule has 0 saturated heterocycles. The van der Waals surface area contributed by atoms with E-state index < -0.39 is 0 Å². The van der Waals surface area contributed by atoms with E-state index in [1.165, 1.54) is 16.8 Å². The van der Waals surface area contributed by atoms with Gasteiger partial charge < -0.3 is 10.6 Å². The summed E-state index contributed by atoms with van der Waals surface area (Å²) in [6, 6.07) is 16.7. The molecule has 0 aliphatic rings. The lowest BCUT2D eigenvalue weighted by Gasteiger charge is -2.22. The molecule has 0 amide bonds. The monoisotopic (exact) mass is 254 g/mol. The summed E-state index contributed by atoms with van der Waals surface area (Å²) in [6.45, 7) is 3.12. The van der Waals surface area contributed by atoms with Crippen LogP contribution in [0.1, 0.15) is 17.5 Å². The summed E-state index contributed by atoms with van der Waals surface area (Å²) in [5, 5.41) is 0. The molecule has 0 spiro atoms. The third-order valence-corrected chi connectivity index (χ3v) is 3.56. The second-order valence-corrected chi connectivity index (χ2v) is 5.00. The molecule has 2 rings (SSSR count). The van der Waals surface area contributed by atoms with Crippen molar-refractivity contribution in [3.8, 4) is 0 Å². The molecular formula is C17H22N2. The van der Waals surface area contributed by atoms with Crippen molar-refractivity contribution >= 4 is 11.4 Å². The van der Waals surface area contributed by atoms with Crippen molar-refractivity contribution in [2.45, 2.75) is 19.8 Å². The number of nitrogen functional groups attached to an aromatic ring is 1. The number of hydrogen-bond acceptors (Lipinski definition) is 2. The lowest BCUT2D eigenvalue weighted by molar-refractivity contribution is 0.784. The Hall–Kier alpha value is -1.96. The second-order valence-electron chi connectivity index (χ2n) is 5.00. The molecule has 2 aromatic carbocycles. The van der Waals surface area contributed by atoms with Crippen LogP contribution in [0.5, 0.6) is 0 Å². The highest BCUT2D eigenvalue weighted by molar-refractivity contribution is 5.63. The zero-order valence-corrected chi connectivity index (χ0v) is 11.8. The molecule has 100 valence electrons. The summed E-state index contributed by atoms with van der Waals surface area (Å²) in [5.74, 6) is 0. The van der Waals surface area contributed by atoms with Gasteiger partial charge in [0, 0.05) is 25.0 Å². The average molecular weight is 254 g/mol. The van der Waals surface area contributed by atoms with Crippen molar-refractivity contribution in [1.29, 1.82) is 0 Å². The third kappa shape index (κ3) is 3.50. The van der Waals surface area contributed by atoms with Gasteiger partial charge in [-0.05, 0) is 43.0 Å². The summed E-state index contributed by atoms with van der Waals surface area (Å²) in [6.07, 6.45) is 2.27. The predicted octanol–water partition coefficient (Wildman–Crippen LogP) is 3.65. The lowest BCUT2D eigenvalue weighted by Crippen LogP contribution is -2.20. The molecule has 0 aliphatic carbocycles. The summed E-state index contributed by atoms with van der Waals surface area (Å²) in [4.78, 5) is 2.29. The van der Waals surface area contributed by atoms with Crippen LogP contribution in [0.15, 0.2) is 48.5 Å². The molecule has 0 aliphatic heterocycles. The molecule has 19 heavy (non-hydrogen) atoms. The maximum absolute atomic E-state index is 5.95. The van der Waals surface area contributed by atoms with Gasteiger partial charge >= 0.3 is 0 Å². The third-order valence-electron chi connectivity index (χ3n) is 3.56. The van der Waals surface area contributed by atoms with E-state index in [2.05, 4.69) is 55.3 Å². The Labute approximate surface area is 115 Å². The number of hydrogen-bond donors (Lipinski definition) is 1. The molecule has 2 nitrogen and oxygen atoms in total. The zero-order chi connectivity index (χ0) is 13.7. The molecule has 0 saturated carbocycles. The van der Waals surface area contributed by atoms with Gasteiger partial charge in [0.1, 0.15) is 0 Å². The molecule has 0 heterocycles. The molecule has 0 unspecified atom stereocenters. The van der Waals surface area contributed by atoms with Gasteiger partial charge in [0.05, 0.1) is 0 Å². The van der Waals surface area contributed by atoms with Crippen LogP contribution in [0, 0.1) is 6.92 Å². The molecule has 2 aromatic rings. The largest absolute Gasteiger partial charge is 0.398 e. The van der Waals surface area contributed by atoms with Gasteiger partial charge in [-0.3, -0.25) is 0 Å². The van der Waals surface area contributed by atoms with Crippen LogP contribution in [0.2, 0.25) is 0 Å². The molecular weight excluding hydrogens is 232 g/mol. The molecule has 0 fully saturated rings. The van der Waals surface area contributed by atoms with E-state index in [1.807, 2.05) is 12.1 Å². The Balaban J connectivity index is 1.91. The van der Waals surface area contributed by atoms with Crippen LogP contribution in [-0.4, -0.2) is 13.6 Å². The highest BCUT2D eigenvalue weighted by Gasteiger charge is 2.06. The minimum atomic E-state index is 0.868. The van der Waals surface area contributed by atoms with E-state index in [0.29, 0.717) is 0 Å². The van der Waals surface area contributed by atoms with Crippen LogP contribution in [0.4, 0.5) is 11.4 Å². The fourth-order valence-corrected chi connectivity index (χ4v) is 2.34. The van der Waals surface area contributed by atoms with E-state index in [4.69, 9.17) is 5.73 Å². The summed E-state index contributed by atoms with van der Waals surface area (Å²) >= 11 is 0. The fourth-order valence-electron chi connectivity index (χ4n) is 2.34. The Bertz CT molecular complexity index is 520. The van der Waals surface area contributed by atoms with Crippen molar-refractivity contribution < 1.29 is 0 Å². The van der Waals surface area contributed by atoms with Crippen molar-refractivity contribution in [1.82, 2.24) is 0 Å². The Morgan fingerprint density at radius 2 is 1.74 bits per heavy atom. The van der Waals surface area contributed by atoms with Crippen LogP contribution in [0.25, 0.3) is 0 Å². The number of aryl methyl sites for hydroxylation is 1. The number of rotatable bonds is 5. The first-order valence-electron chi connectivity index (χ1n) is 6.78. The minimum Gasteiger partial charge on any atom is -0.398 e. The topological polar surface area (TPSA) is 29.3 Å². The van der Waals surface area contributed by atoms with E-state index in [1.54, 1.807) is 0 Å². The van der Waals surface area contributed by atoms with Crippen LogP contribution < -0.4 is 10.6 Å². The first kappa shape index (κ1) is 13.5. The lowest BCUT2D eigenvalue weighted by atomic mass is 10.1. The summed E-state index contributed by atoms with van der Waals surface area (Å²) in [5.41, 5.74) is 10.6. The van der Waals surface area contributed by atoms with Gasteiger partial charge in [-0.1, -0.05) is 36.4 Å². The van der Waals surface area contributed by atoms with E-state index in [9.17, 15) is 0 Å². The van der Waals surface area contributed by atoms with Gasteiger partial charge in [-0.2, -0.15) is 0 Å². The molecule has 0 bridgehead atoms. The average Bonchev–Trinajstić information content (AvgIpc) is 2.43.